The maximum atomic E-state index is 13.7. The molecule has 1 unspecified atom stereocenters. The van der Waals surface area contributed by atoms with E-state index in [9.17, 15) is 32.4 Å². The summed E-state index contributed by atoms with van der Waals surface area (Å²) in [5.41, 5.74) is 7.26. The molecule has 4 bridgehead atoms. The summed E-state index contributed by atoms with van der Waals surface area (Å²) < 4.78 is 58.4. The number of carbonyl (C=O) groups excluding carboxylic acids is 2. The van der Waals surface area contributed by atoms with E-state index < -0.39 is 30.9 Å². The Balaban J connectivity index is 0.000000175. The lowest BCUT2D eigenvalue weighted by Crippen LogP contribution is -2.49. The van der Waals surface area contributed by atoms with Gasteiger partial charge in [-0.3, -0.25) is 14.3 Å². The third kappa shape index (κ3) is 12.4. The van der Waals surface area contributed by atoms with Gasteiger partial charge >= 0.3 is 0 Å². The summed E-state index contributed by atoms with van der Waals surface area (Å²) in [7, 11) is -6.74. The number of benzene rings is 4. The number of sulfonamides is 1. The number of nitrogens with one attached hydrogen (secondary N) is 2. The van der Waals surface area contributed by atoms with Gasteiger partial charge in [-0.2, -0.15) is 0 Å². The van der Waals surface area contributed by atoms with Crippen molar-refractivity contribution >= 4 is 72.0 Å². The van der Waals surface area contributed by atoms with Crippen LogP contribution >= 0.6 is 23.2 Å². The number of hydrogen-bond acceptors (Lipinski definition) is 11. The number of halogens is 2. The van der Waals surface area contributed by atoms with Crippen LogP contribution in [0, 0.1) is 47.3 Å². The molecule has 0 saturated heterocycles. The van der Waals surface area contributed by atoms with Gasteiger partial charge in [-0.25, -0.2) is 17.3 Å². The summed E-state index contributed by atoms with van der Waals surface area (Å²) in [6.45, 7) is 12.2. The number of ether oxygens (including phenoxy) is 2. The Labute approximate surface area is 509 Å². The molecule has 456 valence electrons. The van der Waals surface area contributed by atoms with Gasteiger partial charge in [0.25, 0.3) is 11.8 Å². The highest BCUT2D eigenvalue weighted by molar-refractivity contribution is 7.99. The molecule has 13 atom stereocenters. The molecule has 4 aliphatic heterocycles. The van der Waals surface area contributed by atoms with Crippen LogP contribution in [-0.2, 0) is 43.4 Å². The SMILES string of the molecule is C=S1(=O)NC(=O)c2ccc3c(c2)N(C[C@@H]2CC[C@H]2[C@H](CO)CCC[C@H](C)[C@H]1C)C[C@@]1(CCCc2cc(Cl)ccc21)CO3.C[C@@H]1[C@@H](C)CCC[C@H](CO)[C@@H]2CC[C@H]2CN2C[C@@]3(CCCc4cc(Cl)ccc43)COc3ccc(cc32)C(=O)NS1(=O)=O. The fourth-order valence-electron chi connectivity index (χ4n) is 16.0. The van der Waals surface area contributed by atoms with E-state index in [4.69, 9.17) is 32.7 Å². The third-order valence-electron chi connectivity index (χ3n) is 21.8. The van der Waals surface area contributed by atoms with E-state index in [2.05, 4.69) is 56.3 Å². The van der Waals surface area contributed by atoms with Crippen LogP contribution in [0.1, 0.15) is 161 Å². The Bertz CT molecular complexity index is 3110. The molecule has 0 radical (unpaired) electrons. The van der Waals surface area contributed by atoms with E-state index in [-0.39, 0.29) is 58.9 Å². The first kappa shape index (κ1) is 61.1. The smallest absolute Gasteiger partial charge is 0.264 e. The van der Waals surface area contributed by atoms with Crippen molar-refractivity contribution in [1.29, 1.82) is 0 Å². The van der Waals surface area contributed by atoms with Gasteiger partial charge in [0.05, 0.1) is 39.5 Å². The zero-order chi connectivity index (χ0) is 59.3. The predicted octanol–water partition coefficient (Wildman–Crippen LogP) is 11.7. The van der Waals surface area contributed by atoms with Gasteiger partial charge in [0.1, 0.15) is 11.5 Å². The molecule has 13 nitrogen and oxygen atoms in total. The van der Waals surface area contributed by atoms with Crippen LogP contribution < -0.4 is 28.7 Å². The van der Waals surface area contributed by atoms with Gasteiger partial charge in [0, 0.05) is 76.6 Å². The second kappa shape index (κ2) is 24.9. The van der Waals surface area contributed by atoms with Crippen LogP contribution in [0.2, 0.25) is 10.0 Å². The molecule has 2 saturated carbocycles. The molecule has 2 spiro atoms. The molecule has 17 heteroatoms. The third-order valence-corrected chi connectivity index (χ3v) is 26.4. The molecule has 2 amide bonds. The van der Waals surface area contributed by atoms with E-state index in [1.165, 1.54) is 22.3 Å². The Morgan fingerprint density at radius 2 is 1.04 bits per heavy atom. The van der Waals surface area contributed by atoms with Crippen molar-refractivity contribution in [1.82, 2.24) is 9.44 Å². The maximum absolute atomic E-state index is 13.7. The first-order chi connectivity index (χ1) is 40.2. The minimum absolute atomic E-state index is 0.111. The fraction of sp³-hybridized carbons (Fsp3) is 0.597. The highest BCUT2D eigenvalue weighted by atomic mass is 35.5. The van der Waals surface area contributed by atoms with Crippen molar-refractivity contribution in [3.05, 3.63) is 116 Å². The van der Waals surface area contributed by atoms with Crippen molar-refractivity contribution in [3.8, 4) is 11.5 Å². The summed E-state index contributed by atoms with van der Waals surface area (Å²) in [6, 6.07) is 23.4. The highest BCUT2D eigenvalue weighted by Crippen LogP contribution is 2.51. The molecule has 4 heterocycles. The topological polar surface area (TPSA) is 175 Å². The van der Waals surface area contributed by atoms with Crippen LogP contribution in [0.25, 0.3) is 0 Å². The number of aryl methyl sites for hydroxylation is 2. The van der Waals surface area contributed by atoms with Crippen molar-refractivity contribution < 1.29 is 41.9 Å². The van der Waals surface area contributed by atoms with Crippen molar-refractivity contribution in [2.75, 3.05) is 62.4 Å². The monoisotopic (exact) mass is 1230 g/mol. The van der Waals surface area contributed by atoms with Crippen LogP contribution in [0.5, 0.6) is 11.5 Å². The van der Waals surface area contributed by atoms with Crippen LogP contribution in [0.4, 0.5) is 11.4 Å². The highest BCUT2D eigenvalue weighted by Gasteiger charge is 2.47. The summed E-state index contributed by atoms with van der Waals surface area (Å²) in [4.78, 5) is 31.7. The zero-order valence-electron chi connectivity index (χ0n) is 49.6. The van der Waals surface area contributed by atoms with Gasteiger partial charge in [-0.15, -0.1) is 0 Å². The number of hydrogen-bond donors (Lipinski definition) is 4. The lowest BCUT2D eigenvalue weighted by Gasteiger charge is -2.46. The van der Waals surface area contributed by atoms with Gasteiger partial charge in [0.15, 0.2) is 0 Å². The molecule has 0 aromatic heterocycles. The molecule has 4 aliphatic carbocycles. The molecular weight excluding hydrogens is 1140 g/mol. The van der Waals surface area contributed by atoms with Crippen LogP contribution in [-0.4, -0.2) is 104 Å². The number of aliphatic hydroxyl groups is 2. The number of rotatable bonds is 2. The average Bonchev–Trinajstić information content (AvgIpc) is 1.64. The first-order valence-corrected chi connectivity index (χ1v) is 35.4. The van der Waals surface area contributed by atoms with E-state index in [0.717, 1.165) is 156 Å². The molecule has 8 aliphatic rings. The largest absolute Gasteiger partial charge is 0.490 e. The van der Waals surface area contributed by atoms with Crippen molar-refractivity contribution in [3.63, 3.8) is 0 Å². The minimum Gasteiger partial charge on any atom is -0.490 e. The van der Waals surface area contributed by atoms with Gasteiger partial charge in [0.2, 0.25) is 10.0 Å². The predicted molar refractivity (Wildman–Crippen MR) is 338 cm³/mol. The van der Waals surface area contributed by atoms with E-state index in [0.29, 0.717) is 53.8 Å². The standard InChI is InChI=1S/C34H45ClN2O4S.C33H43ClN2O5S/c1-22-6-4-7-27(19-38)29-12-9-26(29)18-37-20-34(15-5-8-24-16-28(35)11-13-30(24)34)21-41-32-14-10-25(17-31(32)37)33(39)36-42(3,40)23(22)2;1-21-5-3-6-26(18-37)28-11-8-25(28)17-36-19-33(14-4-7-23-15-27(34)10-12-29(23)33)20-41-31-13-9-24(16-30(31)36)32(38)35-42(39,40)22(21)2/h10-11,13-14,16-17,22-23,26-27,29,38H,3-9,12,15,18-21H2,1-2H3,(H,36,39,40);9-10,12-13,15-16,21-22,25-26,28,37H,3-8,11,14,17-20H2,1-2H3,(H,35,38)/t22-,23+,26-,27-,29+,34-,42?;21-,22+,25-,26+,28+,33-/m00/s1. The normalized spacial score (nSPS) is 34.0. The minimum atomic E-state index is -3.87. The Hall–Kier alpha value is -4.51. The Morgan fingerprint density at radius 3 is 1.48 bits per heavy atom. The average molecular weight is 1230 g/mol. The molecule has 4 aromatic rings. The molecule has 2 fully saturated rings. The molecule has 4 N–H and O–H groups in total. The summed E-state index contributed by atoms with van der Waals surface area (Å²) >= 11 is 12.8. The van der Waals surface area contributed by atoms with E-state index in [1.807, 2.05) is 50.2 Å². The maximum Gasteiger partial charge on any atom is 0.264 e. The number of carbonyl (C=O) groups is 2. The number of anilines is 2. The number of aliphatic hydroxyl groups excluding tert-OH is 2. The second-order valence-electron chi connectivity index (χ2n) is 26.8. The fourth-order valence-corrected chi connectivity index (χ4v) is 19.2. The van der Waals surface area contributed by atoms with Crippen LogP contribution in [0.15, 0.2) is 72.8 Å². The molecular formula is C67H88Cl2N4O9S2. The molecule has 12 rings (SSSR count). The van der Waals surface area contributed by atoms with E-state index >= 15 is 0 Å². The van der Waals surface area contributed by atoms with Gasteiger partial charge < -0.3 is 29.5 Å². The summed E-state index contributed by atoms with van der Waals surface area (Å²) in [5, 5.41) is 21.4. The van der Waals surface area contributed by atoms with Gasteiger partial charge in [-0.1, -0.05) is 62.0 Å². The van der Waals surface area contributed by atoms with Gasteiger partial charge in [-0.05, 0) is 240 Å². The lowest BCUT2D eigenvalue weighted by molar-refractivity contribution is 0.0569. The summed E-state index contributed by atoms with van der Waals surface area (Å²) in [6.07, 6.45) is 15.9. The number of nitrogens with zero attached hydrogens (tertiary/aromatic N) is 2. The first-order valence-electron chi connectivity index (χ1n) is 31.3. The van der Waals surface area contributed by atoms with Crippen molar-refractivity contribution in [2.45, 2.75) is 152 Å². The second-order valence-corrected chi connectivity index (χ2v) is 32.1. The Kier molecular flexibility index (Phi) is 18.1. The number of amides is 2. The summed E-state index contributed by atoms with van der Waals surface area (Å²) in [5.74, 6) is 6.81. The molecule has 4 aromatic carbocycles. The number of fused-ring (bicyclic) bond motifs is 8. The van der Waals surface area contributed by atoms with E-state index in [1.54, 1.807) is 19.1 Å². The Morgan fingerprint density at radius 1 is 0.583 bits per heavy atom. The van der Waals surface area contributed by atoms with Crippen LogP contribution in [0.3, 0.4) is 0 Å². The molecule has 84 heavy (non-hydrogen) atoms. The lowest BCUT2D eigenvalue weighted by atomic mass is 9.65. The van der Waals surface area contributed by atoms with Crippen molar-refractivity contribution in [2.24, 2.45) is 47.3 Å². The quantitative estimate of drug-likeness (QED) is 0.141. The zero-order valence-corrected chi connectivity index (χ0v) is 52.7.